The molecule has 0 spiro atoms. The molecule has 1 aromatic heterocycles. The van der Waals surface area contributed by atoms with Crippen LogP contribution in [0.3, 0.4) is 0 Å². The summed E-state index contributed by atoms with van der Waals surface area (Å²) in [4.78, 5) is 4.19. The second-order valence-electron chi connectivity index (χ2n) is 3.17. The van der Waals surface area contributed by atoms with Gasteiger partial charge in [-0.25, -0.2) is 4.98 Å². The van der Waals surface area contributed by atoms with Crippen molar-refractivity contribution >= 4 is 27.7 Å². The van der Waals surface area contributed by atoms with E-state index in [2.05, 4.69) is 31.1 Å². The predicted octanol–water partition coefficient (Wildman–Crippen LogP) is 3.03. The molecule has 0 aliphatic carbocycles. The van der Waals surface area contributed by atoms with Crippen molar-refractivity contribution < 1.29 is 4.74 Å². The Kier molecular flexibility index (Phi) is 3.96. The van der Waals surface area contributed by atoms with Gasteiger partial charge in [-0.05, 0) is 24.5 Å². The molecule has 2 aromatic rings. The van der Waals surface area contributed by atoms with E-state index in [0.29, 0.717) is 10.9 Å². The van der Waals surface area contributed by atoms with Gasteiger partial charge in [0.1, 0.15) is 11.4 Å². The van der Waals surface area contributed by atoms with Gasteiger partial charge >= 0.3 is 0 Å². The zero-order valence-corrected chi connectivity index (χ0v) is 11.7. The molecule has 2 rings (SSSR count). The first-order valence-corrected chi connectivity index (χ1v) is 6.84. The molecule has 0 fully saturated rings. The second-order valence-corrected chi connectivity index (χ2v) is 4.86. The number of rotatable bonds is 3. The minimum Gasteiger partial charge on any atom is -0.496 e. The van der Waals surface area contributed by atoms with Gasteiger partial charge in [0.05, 0.1) is 13.3 Å². The summed E-state index contributed by atoms with van der Waals surface area (Å²) in [6.07, 6.45) is 3.61. The Morgan fingerprint density at radius 1 is 1.29 bits per heavy atom. The highest BCUT2D eigenvalue weighted by Gasteiger charge is 2.08. The van der Waals surface area contributed by atoms with Crippen molar-refractivity contribution in [3.63, 3.8) is 0 Å². The lowest BCUT2D eigenvalue weighted by Gasteiger charge is -2.07. The van der Waals surface area contributed by atoms with E-state index in [9.17, 15) is 0 Å². The third-order valence-electron chi connectivity index (χ3n) is 2.16. The fourth-order valence-electron chi connectivity index (χ4n) is 1.36. The van der Waals surface area contributed by atoms with E-state index in [1.807, 2.05) is 24.5 Å². The highest BCUT2D eigenvalue weighted by Crippen LogP contribution is 2.30. The Hall–Kier alpha value is -1.14. The van der Waals surface area contributed by atoms with E-state index >= 15 is 0 Å². The Balaban J connectivity index is 2.44. The smallest absolute Gasteiger partial charge is 0.208 e. The van der Waals surface area contributed by atoms with Crippen LogP contribution in [-0.4, -0.2) is 28.5 Å². The SMILES string of the molecule is COc1cc(Br)ccc1-c1cnc(SC)nn1. The van der Waals surface area contributed by atoms with Gasteiger partial charge < -0.3 is 4.74 Å². The third kappa shape index (κ3) is 2.76. The molecule has 0 unspecified atom stereocenters. The monoisotopic (exact) mass is 311 g/mol. The van der Waals surface area contributed by atoms with Crippen LogP contribution in [0.4, 0.5) is 0 Å². The molecule has 6 heteroatoms. The quantitative estimate of drug-likeness (QED) is 0.815. The molecule has 4 nitrogen and oxygen atoms in total. The largest absolute Gasteiger partial charge is 0.496 e. The molecule has 0 aliphatic rings. The van der Waals surface area contributed by atoms with E-state index < -0.39 is 0 Å². The molecule has 0 atom stereocenters. The minimum absolute atomic E-state index is 0.657. The molecule has 0 N–H and O–H groups in total. The zero-order chi connectivity index (χ0) is 12.3. The summed E-state index contributed by atoms with van der Waals surface area (Å²) >= 11 is 4.86. The number of ether oxygens (including phenoxy) is 1. The number of methoxy groups -OCH3 is 1. The first-order chi connectivity index (χ1) is 8.24. The molecular formula is C11H10BrN3OS. The molecule has 0 bridgehead atoms. The molecule has 17 heavy (non-hydrogen) atoms. The lowest BCUT2D eigenvalue weighted by atomic mass is 10.1. The Morgan fingerprint density at radius 3 is 2.71 bits per heavy atom. The topological polar surface area (TPSA) is 47.9 Å². The van der Waals surface area contributed by atoms with Crippen molar-refractivity contribution in [2.45, 2.75) is 5.16 Å². The Labute approximate surface area is 112 Å². The predicted molar refractivity (Wildman–Crippen MR) is 71.3 cm³/mol. The van der Waals surface area contributed by atoms with Gasteiger partial charge in [-0.3, -0.25) is 0 Å². The minimum atomic E-state index is 0.657. The molecule has 0 radical (unpaired) electrons. The average Bonchev–Trinajstić information content (AvgIpc) is 2.39. The van der Waals surface area contributed by atoms with Gasteiger partial charge in [-0.15, -0.1) is 10.2 Å². The van der Waals surface area contributed by atoms with Crippen molar-refractivity contribution in [2.75, 3.05) is 13.4 Å². The van der Waals surface area contributed by atoms with Gasteiger partial charge in [0.2, 0.25) is 5.16 Å². The van der Waals surface area contributed by atoms with E-state index in [1.54, 1.807) is 13.3 Å². The summed E-state index contributed by atoms with van der Waals surface area (Å²) in [5, 5.41) is 8.79. The number of benzene rings is 1. The average molecular weight is 312 g/mol. The van der Waals surface area contributed by atoms with Gasteiger partial charge in [-0.1, -0.05) is 27.7 Å². The van der Waals surface area contributed by atoms with Crippen LogP contribution in [0.15, 0.2) is 34.0 Å². The lowest BCUT2D eigenvalue weighted by molar-refractivity contribution is 0.416. The lowest BCUT2D eigenvalue weighted by Crippen LogP contribution is -1.95. The van der Waals surface area contributed by atoms with Gasteiger partial charge in [0.15, 0.2) is 0 Å². The van der Waals surface area contributed by atoms with Crippen molar-refractivity contribution in [2.24, 2.45) is 0 Å². The van der Waals surface area contributed by atoms with E-state index in [4.69, 9.17) is 4.74 Å². The van der Waals surface area contributed by atoms with Crippen molar-refractivity contribution in [1.29, 1.82) is 0 Å². The third-order valence-corrected chi connectivity index (χ3v) is 3.21. The summed E-state index contributed by atoms with van der Waals surface area (Å²) in [6.45, 7) is 0. The van der Waals surface area contributed by atoms with Crippen LogP contribution < -0.4 is 4.74 Å². The van der Waals surface area contributed by atoms with Crippen LogP contribution >= 0.6 is 27.7 Å². The van der Waals surface area contributed by atoms with Crippen LogP contribution in [-0.2, 0) is 0 Å². The number of aromatic nitrogens is 3. The Morgan fingerprint density at radius 2 is 2.12 bits per heavy atom. The van der Waals surface area contributed by atoms with E-state index in [1.165, 1.54) is 11.8 Å². The van der Waals surface area contributed by atoms with Crippen molar-refractivity contribution in [1.82, 2.24) is 15.2 Å². The van der Waals surface area contributed by atoms with E-state index in [-0.39, 0.29) is 0 Å². The molecule has 88 valence electrons. The van der Waals surface area contributed by atoms with Crippen LogP contribution in [0.1, 0.15) is 0 Å². The number of hydrogen-bond donors (Lipinski definition) is 0. The summed E-state index contributed by atoms with van der Waals surface area (Å²) in [5.41, 5.74) is 1.58. The number of hydrogen-bond acceptors (Lipinski definition) is 5. The molecule has 1 heterocycles. The highest BCUT2D eigenvalue weighted by atomic mass is 79.9. The summed E-state index contributed by atoms with van der Waals surface area (Å²) in [5.74, 6) is 0.743. The number of halogens is 1. The van der Waals surface area contributed by atoms with Gasteiger partial charge in [-0.2, -0.15) is 0 Å². The van der Waals surface area contributed by atoms with Crippen LogP contribution in [0, 0.1) is 0 Å². The van der Waals surface area contributed by atoms with Crippen molar-refractivity contribution in [3.8, 4) is 17.0 Å². The van der Waals surface area contributed by atoms with Gasteiger partial charge in [0.25, 0.3) is 0 Å². The molecule has 0 aliphatic heterocycles. The van der Waals surface area contributed by atoms with Gasteiger partial charge in [0, 0.05) is 10.0 Å². The maximum atomic E-state index is 5.31. The molecule has 0 saturated carbocycles. The standard InChI is InChI=1S/C11H10BrN3OS/c1-16-10-5-7(12)3-4-8(10)9-6-13-11(17-2)15-14-9/h3-6H,1-2H3. The highest BCUT2D eigenvalue weighted by molar-refractivity contribution is 9.10. The summed E-state index contributed by atoms with van der Waals surface area (Å²) in [7, 11) is 1.63. The maximum Gasteiger partial charge on any atom is 0.208 e. The zero-order valence-electron chi connectivity index (χ0n) is 9.35. The summed E-state index contributed by atoms with van der Waals surface area (Å²) < 4.78 is 6.26. The molecule has 0 amide bonds. The van der Waals surface area contributed by atoms with E-state index in [0.717, 1.165) is 15.8 Å². The van der Waals surface area contributed by atoms with Crippen LogP contribution in [0.5, 0.6) is 5.75 Å². The molecule has 1 aromatic carbocycles. The normalized spacial score (nSPS) is 10.3. The Bertz CT molecular complexity index is 519. The number of nitrogens with zero attached hydrogens (tertiary/aromatic N) is 3. The van der Waals surface area contributed by atoms with Crippen LogP contribution in [0.2, 0.25) is 0 Å². The summed E-state index contributed by atoms with van der Waals surface area (Å²) in [6, 6.07) is 5.74. The van der Waals surface area contributed by atoms with Crippen LogP contribution in [0.25, 0.3) is 11.3 Å². The fraction of sp³-hybridized carbons (Fsp3) is 0.182. The number of thioether (sulfide) groups is 1. The first kappa shape index (κ1) is 12.3. The second kappa shape index (κ2) is 5.46. The maximum absolute atomic E-state index is 5.31. The fourth-order valence-corrected chi connectivity index (χ4v) is 1.98. The molecule has 0 saturated heterocycles. The molecular weight excluding hydrogens is 302 g/mol. The van der Waals surface area contributed by atoms with Crippen molar-refractivity contribution in [3.05, 3.63) is 28.9 Å². The first-order valence-electron chi connectivity index (χ1n) is 4.82.